The van der Waals surface area contributed by atoms with Gasteiger partial charge in [-0.2, -0.15) is 0 Å². The second-order valence-electron chi connectivity index (χ2n) is 6.90. The summed E-state index contributed by atoms with van der Waals surface area (Å²) >= 11 is 5.94. The maximum absolute atomic E-state index is 13.6. The van der Waals surface area contributed by atoms with Gasteiger partial charge in [0, 0.05) is 36.8 Å². The number of hydrogen-bond donors (Lipinski definition) is 1. The van der Waals surface area contributed by atoms with E-state index in [0.717, 1.165) is 44.2 Å². The molecule has 2 aromatic carbocycles. The summed E-state index contributed by atoms with van der Waals surface area (Å²) in [6.07, 6.45) is 1.02. The van der Waals surface area contributed by atoms with E-state index in [1.165, 1.54) is 11.6 Å². The van der Waals surface area contributed by atoms with Gasteiger partial charge in [-0.25, -0.2) is 4.39 Å². The van der Waals surface area contributed by atoms with Crippen molar-refractivity contribution in [2.75, 3.05) is 32.7 Å². The molecule has 0 bridgehead atoms. The molecule has 0 atom stereocenters. The number of amides is 1. The van der Waals surface area contributed by atoms with Crippen molar-refractivity contribution in [1.29, 1.82) is 0 Å². The molecule has 0 spiro atoms. The standard InChI is InChI=1S/C21H25ClFN3O/c22-19-8-6-17(7-9-19)15-25-10-3-11-26(13-12-25)16-21(27)24-14-18-4-1-2-5-20(18)23/h1-2,4-9H,3,10-16H2,(H,24,27). The average Bonchev–Trinajstić information content (AvgIpc) is 2.88. The fraction of sp³-hybridized carbons (Fsp3) is 0.381. The highest BCUT2D eigenvalue weighted by molar-refractivity contribution is 6.30. The molecule has 1 N–H and O–H groups in total. The van der Waals surface area contributed by atoms with Crippen LogP contribution in [0.2, 0.25) is 5.02 Å². The highest BCUT2D eigenvalue weighted by Crippen LogP contribution is 2.13. The molecule has 144 valence electrons. The number of halogens is 2. The molecule has 0 saturated carbocycles. The summed E-state index contributed by atoms with van der Waals surface area (Å²) in [6, 6.07) is 14.5. The third kappa shape index (κ3) is 6.31. The molecule has 2 aromatic rings. The molecule has 3 rings (SSSR count). The Labute approximate surface area is 164 Å². The van der Waals surface area contributed by atoms with Gasteiger partial charge in [0.05, 0.1) is 6.54 Å². The van der Waals surface area contributed by atoms with Crippen LogP contribution >= 0.6 is 11.6 Å². The molecule has 0 aromatic heterocycles. The van der Waals surface area contributed by atoms with E-state index in [1.807, 2.05) is 12.1 Å². The van der Waals surface area contributed by atoms with Gasteiger partial charge in [0.2, 0.25) is 5.91 Å². The van der Waals surface area contributed by atoms with E-state index in [2.05, 4.69) is 27.2 Å². The number of carbonyl (C=O) groups is 1. The number of nitrogens with one attached hydrogen (secondary N) is 1. The van der Waals surface area contributed by atoms with E-state index in [-0.39, 0.29) is 18.3 Å². The fourth-order valence-corrected chi connectivity index (χ4v) is 3.41. The van der Waals surface area contributed by atoms with Crippen LogP contribution in [-0.4, -0.2) is 48.4 Å². The van der Waals surface area contributed by atoms with Gasteiger partial charge in [0.1, 0.15) is 5.82 Å². The molecular formula is C21H25ClFN3O. The van der Waals surface area contributed by atoms with E-state index >= 15 is 0 Å². The number of hydrogen-bond acceptors (Lipinski definition) is 3. The second kappa shape index (κ2) is 9.83. The SMILES string of the molecule is O=C(CN1CCCN(Cc2ccc(Cl)cc2)CC1)NCc1ccccc1F. The maximum Gasteiger partial charge on any atom is 0.234 e. The number of carbonyl (C=O) groups excluding carboxylic acids is 1. The Bertz CT molecular complexity index is 753. The number of nitrogens with zero attached hydrogens (tertiary/aromatic N) is 2. The fourth-order valence-electron chi connectivity index (χ4n) is 3.28. The lowest BCUT2D eigenvalue weighted by atomic mass is 10.2. The summed E-state index contributed by atoms with van der Waals surface area (Å²) in [5, 5.41) is 3.57. The lowest BCUT2D eigenvalue weighted by Crippen LogP contribution is -2.39. The van der Waals surface area contributed by atoms with Crippen molar-refractivity contribution in [3.05, 3.63) is 70.5 Å². The lowest BCUT2D eigenvalue weighted by Gasteiger charge is -2.21. The first-order valence-corrected chi connectivity index (χ1v) is 9.67. The van der Waals surface area contributed by atoms with Crippen LogP contribution in [0.15, 0.2) is 48.5 Å². The predicted octanol–water partition coefficient (Wildman–Crippen LogP) is 3.30. The Balaban J connectivity index is 1.43. The Morgan fingerprint density at radius 2 is 1.70 bits per heavy atom. The Kier molecular flexibility index (Phi) is 7.21. The molecule has 1 heterocycles. The first-order valence-electron chi connectivity index (χ1n) is 9.29. The Morgan fingerprint density at radius 3 is 2.48 bits per heavy atom. The minimum absolute atomic E-state index is 0.0654. The van der Waals surface area contributed by atoms with Gasteiger partial charge in [-0.05, 0) is 43.3 Å². The zero-order valence-corrected chi connectivity index (χ0v) is 16.1. The van der Waals surface area contributed by atoms with Crippen LogP contribution in [0.1, 0.15) is 17.5 Å². The van der Waals surface area contributed by atoms with E-state index < -0.39 is 0 Å². The van der Waals surface area contributed by atoms with Crippen LogP contribution < -0.4 is 5.32 Å². The van der Waals surface area contributed by atoms with Crippen molar-refractivity contribution in [2.24, 2.45) is 0 Å². The molecule has 1 aliphatic heterocycles. The predicted molar refractivity (Wildman–Crippen MR) is 106 cm³/mol. The molecule has 1 amide bonds. The summed E-state index contributed by atoms with van der Waals surface area (Å²) < 4.78 is 13.6. The smallest absolute Gasteiger partial charge is 0.234 e. The number of rotatable bonds is 6. The molecule has 1 fully saturated rings. The molecule has 1 aliphatic rings. The van der Waals surface area contributed by atoms with Gasteiger partial charge in [-0.3, -0.25) is 14.6 Å². The van der Waals surface area contributed by atoms with Crippen molar-refractivity contribution in [1.82, 2.24) is 15.1 Å². The molecule has 4 nitrogen and oxygen atoms in total. The van der Waals surface area contributed by atoms with Gasteiger partial charge in [0.25, 0.3) is 0 Å². The average molecular weight is 390 g/mol. The van der Waals surface area contributed by atoms with Crippen molar-refractivity contribution in [3.8, 4) is 0 Å². The molecule has 1 saturated heterocycles. The highest BCUT2D eigenvalue weighted by Gasteiger charge is 2.17. The van der Waals surface area contributed by atoms with Crippen LogP contribution in [0, 0.1) is 5.82 Å². The molecule has 6 heteroatoms. The summed E-state index contributed by atoms with van der Waals surface area (Å²) in [4.78, 5) is 16.8. The minimum Gasteiger partial charge on any atom is -0.351 e. The van der Waals surface area contributed by atoms with Crippen LogP contribution in [0.4, 0.5) is 4.39 Å². The van der Waals surface area contributed by atoms with Crippen molar-refractivity contribution < 1.29 is 9.18 Å². The quantitative estimate of drug-likeness (QED) is 0.823. The zero-order chi connectivity index (χ0) is 19.1. The van der Waals surface area contributed by atoms with Crippen LogP contribution in [0.3, 0.4) is 0 Å². The molecule has 27 heavy (non-hydrogen) atoms. The zero-order valence-electron chi connectivity index (χ0n) is 15.3. The molecule has 0 radical (unpaired) electrons. The van der Waals surface area contributed by atoms with Gasteiger partial charge in [-0.1, -0.05) is 41.9 Å². The summed E-state index contributed by atoms with van der Waals surface area (Å²) in [5.74, 6) is -0.352. The first-order chi connectivity index (χ1) is 13.1. The Morgan fingerprint density at radius 1 is 1.00 bits per heavy atom. The Hall–Kier alpha value is -1.95. The van der Waals surface area contributed by atoms with Crippen LogP contribution in [-0.2, 0) is 17.9 Å². The highest BCUT2D eigenvalue weighted by atomic mass is 35.5. The number of benzene rings is 2. The topological polar surface area (TPSA) is 35.6 Å². The monoisotopic (exact) mass is 389 g/mol. The van der Waals surface area contributed by atoms with Gasteiger partial charge < -0.3 is 5.32 Å². The summed E-state index contributed by atoms with van der Waals surface area (Å²) in [7, 11) is 0. The maximum atomic E-state index is 13.6. The minimum atomic E-state index is -0.287. The first kappa shape index (κ1) is 19.8. The van der Waals surface area contributed by atoms with Gasteiger partial charge in [0.15, 0.2) is 0 Å². The lowest BCUT2D eigenvalue weighted by molar-refractivity contribution is -0.122. The van der Waals surface area contributed by atoms with Crippen LogP contribution in [0.5, 0.6) is 0 Å². The third-order valence-corrected chi connectivity index (χ3v) is 5.05. The normalized spacial score (nSPS) is 16.1. The second-order valence-corrected chi connectivity index (χ2v) is 7.34. The summed E-state index contributed by atoms with van der Waals surface area (Å²) in [6.45, 7) is 5.14. The van der Waals surface area contributed by atoms with Gasteiger partial charge >= 0.3 is 0 Å². The van der Waals surface area contributed by atoms with Crippen LogP contribution in [0.25, 0.3) is 0 Å². The van der Waals surface area contributed by atoms with Gasteiger partial charge in [-0.15, -0.1) is 0 Å². The van der Waals surface area contributed by atoms with E-state index in [0.29, 0.717) is 12.1 Å². The molecular weight excluding hydrogens is 365 g/mol. The van der Waals surface area contributed by atoms with Crippen molar-refractivity contribution >= 4 is 17.5 Å². The molecule has 0 aliphatic carbocycles. The van der Waals surface area contributed by atoms with Crippen molar-refractivity contribution in [2.45, 2.75) is 19.5 Å². The van der Waals surface area contributed by atoms with E-state index in [9.17, 15) is 9.18 Å². The third-order valence-electron chi connectivity index (χ3n) is 4.80. The van der Waals surface area contributed by atoms with E-state index in [4.69, 9.17) is 11.6 Å². The van der Waals surface area contributed by atoms with Crippen molar-refractivity contribution in [3.63, 3.8) is 0 Å². The summed E-state index contributed by atoms with van der Waals surface area (Å²) in [5.41, 5.74) is 1.76. The largest absolute Gasteiger partial charge is 0.351 e. The van der Waals surface area contributed by atoms with E-state index in [1.54, 1.807) is 18.2 Å². The molecule has 0 unspecified atom stereocenters.